The summed E-state index contributed by atoms with van der Waals surface area (Å²) in [5.41, 5.74) is 1.67. The summed E-state index contributed by atoms with van der Waals surface area (Å²) in [6, 6.07) is 21.5. The van der Waals surface area contributed by atoms with E-state index in [4.69, 9.17) is 11.6 Å². The maximum absolute atomic E-state index is 12.6. The molecule has 0 aliphatic carbocycles. The van der Waals surface area contributed by atoms with Gasteiger partial charge in [-0.25, -0.2) is 0 Å². The number of likely N-dealkylation sites (N-methyl/N-ethyl adjacent to an activating group) is 1. The molecule has 0 bridgehead atoms. The number of fused-ring (bicyclic) bond motifs is 1. The van der Waals surface area contributed by atoms with Gasteiger partial charge in [-0.1, -0.05) is 60.1 Å². The van der Waals surface area contributed by atoms with Crippen molar-refractivity contribution in [2.24, 2.45) is 0 Å². The predicted octanol–water partition coefficient (Wildman–Crippen LogP) is 4.53. The Kier molecular flexibility index (Phi) is 5.37. The Bertz CT molecular complexity index is 892. The molecule has 1 N–H and O–H groups in total. The van der Waals surface area contributed by atoms with Gasteiger partial charge in [0.25, 0.3) is 5.91 Å². The highest BCUT2D eigenvalue weighted by Crippen LogP contribution is 2.25. The van der Waals surface area contributed by atoms with E-state index in [1.165, 1.54) is 0 Å². The van der Waals surface area contributed by atoms with Crippen molar-refractivity contribution >= 4 is 28.3 Å². The summed E-state index contributed by atoms with van der Waals surface area (Å²) in [5.74, 6) is -0.0790. The number of rotatable bonds is 5. The van der Waals surface area contributed by atoms with Crippen molar-refractivity contribution in [3.8, 4) is 0 Å². The van der Waals surface area contributed by atoms with E-state index in [1.807, 2.05) is 80.8 Å². The van der Waals surface area contributed by atoms with Gasteiger partial charge in [0.15, 0.2) is 0 Å². The lowest BCUT2D eigenvalue weighted by atomic mass is 10.0. The number of carbonyl (C=O) groups is 1. The highest BCUT2D eigenvalue weighted by molar-refractivity contribution is 6.31. The number of nitrogens with zero attached hydrogens (tertiary/aromatic N) is 1. The number of hydrogen-bond acceptors (Lipinski definition) is 2. The third kappa shape index (κ3) is 4.01. The second-order valence-corrected chi connectivity index (χ2v) is 6.68. The number of nitrogens with one attached hydrogen (secondary N) is 1. The summed E-state index contributed by atoms with van der Waals surface area (Å²) in [7, 11) is 3.96. The molecule has 3 aromatic rings. The summed E-state index contributed by atoms with van der Waals surface area (Å²) in [6.07, 6.45) is 0. The molecule has 0 heterocycles. The van der Waals surface area contributed by atoms with Gasteiger partial charge < -0.3 is 10.2 Å². The minimum Gasteiger partial charge on any atom is -0.350 e. The summed E-state index contributed by atoms with van der Waals surface area (Å²) in [4.78, 5) is 14.6. The van der Waals surface area contributed by atoms with Crippen LogP contribution in [0.2, 0.25) is 5.02 Å². The van der Waals surface area contributed by atoms with Crippen LogP contribution in [0.25, 0.3) is 10.8 Å². The highest BCUT2D eigenvalue weighted by Gasteiger charge is 2.18. The Balaban J connectivity index is 1.76. The molecule has 0 fully saturated rings. The van der Waals surface area contributed by atoms with E-state index in [-0.39, 0.29) is 11.9 Å². The van der Waals surface area contributed by atoms with Gasteiger partial charge in [-0.15, -0.1) is 0 Å². The first-order chi connectivity index (χ1) is 12.1. The Labute approximate surface area is 153 Å². The van der Waals surface area contributed by atoms with Gasteiger partial charge in [-0.2, -0.15) is 0 Å². The standard InChI is InChI=1S/C21H21ClN2O/c1-24(2)20(18-9-5-6-10-19(18)22)14-23-21(25)17-12-11-15-7-3-4-8-16(15)13-17/h3-13,20H,14H2,1-2H3,(H,23,25). The molecule has 1 amide bonds. The van der Waals surface area contributed by atoms with Crippen molar-refractivity contribution in [3.05, 3.63) is 82.9 Å². The van der Waals surface area contributed by atoms with Gasteiger partial charge in [0.1, 0.15) is 0 Å². The van der Waals surface area contributed by atoms with Crippen LogP contribution in [0.4, 0.5) is 0 Å². The van der Waals surface area contributed by atoms with Crippen LogP contribution in [0.3, 0.4) is 0 Å². The molecule has 25 heavy (non-hydrogen) atoms. The smallest absolute Gasteiger partial charge is 0.251 e. The number of halogens is 1. The van der Waals surface area contributed by atoms with Crippen molar-refractivity contribution in [2.45, 2.75) is 6.04 Å². The van der Waals surface area contributed by atoms with E-state index >= 15 is 0 Å². The molecule has 0 radical (unpaired) electrons. The lowest BCUT2D eigenvalue weighted by molar-refractivity contribution is 0.0942. The lowest BCUT2D eigenvalue weighted by Gasteiger charge is -2.26. The fraction of sp³-hybridized carbons (Fsp3) is 0.190. The van der Waals surface area contributed by atoms with Crippen LogP contribution in [0.15, 0.2) is 66.7 Å². The zero-order valence-corrected chi connectivity index (χ0v) is 15.1. The van der Waals surface area contributed by atoms with Crippen LogP contribution in [-0.2, 0) is 0 Å². The average molecular weight is 353 g/mol. The summed E-state index contributed by atoms with van der Waals surface area (Å²) >= 11 is 6.32. The van der Waals surface area contributed by atoms with Crippen molar-refractivity contribution in [1.29, 1.82) is 0 Å². The number of hydrogen-bond donors (Lipinski definition) is 1. The Hall–Kier alpha value is -2.36. The molecule has 0 aliphatic heterocycles. The number of carbonyl (C=O) groups excluding carboxylic acids is 1. The normalized spacial score (nSPS) is 12.3. The maximum Gasteiger partial charge on any atom is 0.251 e. The zero-order chi connectivity index (χ0) is 17.8. The third-order valence-electron chi connectivity index (χ3n) is 4.36. The molecule has 0 spiro atoms. The minimum atomic E-state index is -0.0790. The first kappa shape index (κ1) is 17.5. The van der Waals surface area contributed by atoms with Gasteiger partial charge in [-0.05, 0) is 48.6 Å². The summed E-state index contributed by atoms with van der Waals surface area (Å²) < 4.78 is 0. The Morgan fingerprint density at radius 2 is 1.68 bits per heavy atom. The highest BCUT2D eigenvalue weighted by atomic mass is 35.5. The quantitative estimate of drug-likeness (QED) is 0.731. The van der Waals surface area contributed by atoms with E-state index in [2.05, 4.69) is 10.2 Å². The largest absolute Gasteiger partial charge is 0.350 e. The molecule has 3 nitrogen and oxygen atoms in total. The van der Waals surface area contributed by atoms with Crippen molar-refractivity contribution < 1.29 is 4.79 Å². The molecule has 0 aromatic heterocycles. The van der Waals surface area contributed by atoms with Gasteiger partial charge >= 0.3 is 0 Å². The fourth-order valence-corrected chi connectivity index (χ4v) is 3.20. The van der Waals surface area contributed by atoms with Crippen LogP contribution in [-0.4, -0.2) is 31.4 Å². The first-order valence-electron chi connectivity index (χ1n) is 8.24. The Morgan fingerprint density at radius 1 is 1.00 bits per heavy atom. The molecule has 3 rings (SSSR count). The van der Waals surface area contributed by atoms with Crippen LogP contribution >= 0.6 is 11.6 Å². The number of amides is 1. The summed E-state index contributed by atoms with van der Waals surface area (Å²) in [5, 5.41) is 5.93. The van der Waals surface area contributed by atoms with Gasteiger partial charge in [-0.3, -0.25) is 4.79 Å². The maximum atomic E-state index is 12.6. The van der Waals surface area contributed by atoms with E-state index in [1.54, 1.807) is 0 Å². The molecule has 0 aliphatic rings. The summed E-state index contributed by atoms with van der Waals surface area (Å²) in [6.45, 7) is 0.488. The molecule has 0 saturated heterocycles. The van der Waals surface area contributed by atoms with Crippen molar-refractivity contribution in [2.75, 3.05) is 20.6 Å². The van der Waals surface area contributed by atoms with Crippen LogP contribution in [0.5, 0.6) is 0 Å². The third-order valence-corrected chi connectivity index (χ3v) is 4.70. The molecule has 1 atom stereocenters. The zero-order valence-electron chi connectivity index (χ0n) is 14.4. The van der Waals surface area contributed by atoms with Crippen LogP contribution in [0, 0.1) is 0 Å². The molecule has 3 aromatic carbocycles. The molecule has 4 heteroatoms. The van der Waals surface area contributed by atoms with Crippen LogP contribution < -0.4 is 5.32 Å². The molecule has 0 saturated carbocycles. The van der Waals surface area contributed by atoms with E-state index < -0.39 is 0 Å². The van der Waals surface area contributed by atoms with E-state index in [0.29, 0.717) is 17.1 Å². The molecular formula is C21H21ClN2O. The monoisotopic (exact) mass is 352 g/mol. The van der Waals surface area contributed by atoms with Gasteiger partial charge in [0.2, 0.25) is 0 Å². The second kappa shape index (κ2) is 7.68. The topological polar surface area (TPSA) is 32.3 Å². The predicted molar refractivity (Wildman–Crippen MR) is 104 cm³/mol. The Morgan fingerprint density at radius 3 is 2.40 bits per heavy atom. The second-order valence-electron chi connectivity index (χ2n) is 6.27. The van der Waals surface area contributed by atoms with Crippen molar-refractivity contribution in [1.82, 2.24) is 10.2 Å². The molecule has 128 valence electrons. The van der Waals surface area contributed by atoms with Gasteiger partial charge in [0.05, 0.1) is 6.04 Å². The van der Waals surface area contributed by atoms with E-state index in [0.717, 1.165) is 16.3 Å². The van der Waals surface area contributed by atoms with Gasteiger partial charge in [0, 0.05) is 17.1 Å². The fourth-order valence-electron chi connectivity index (χ4n) is 2.94. The lowest BCUT2D eigenvalue weighted by Crippen LogP contribution is -2.34. The number of benzene rings is 3. The minimum absolute atomic E-state index is 0.0121. The van der Waals surface area contributed by atoms with Crippen LogP contribution in [0.1, 0.15) is 22.0 Å². The molecular weight excluding hydrogens is 332 g/mol. The van der Waals surface area contributed by atoms with E-state index in [9.17, 15) is 4.79 Å². The average Bonchev–Trinajstić information content (AvgIpc) is 2.62. The van der Waals surface area contributed by atoms with Crippen molar-refractivity contribution in [3.63, 3.8) is 0 Å². The SMILES string of the molecule is CN(C)C(CNC(=O)c1ccc2ccccc2c1)c1ccccc1Cl. The molecule has 1 unspecified atom stereocenters. The first-order valence-corrected chi connectivity index (χ1v) is 8.62.